The summed E-state index contributed by atoms with van der Waals surface area (Å²) in [5, 5.41) is 0. The lowest BCUT2D eigenvalue weighted by Crippen LogP contribution is -2.39. The van der Waals surface area contributed by atoms with E-state index in [1.165, 1.54) is 15.9 Å². The van der Waals surface area contributed by atoms with Gasteiger partial charge < -0.3 is 4.90 Å². The molecular formula is C24H19F3N2O2S. The number of amides is 2. The monoisotopic (exact) mass is 456 g/mol. The molecule has 164 valence electrons. The second-order valence-corrected chi connectivity index (χ2v) is 7.84. The number of carbonyl (C=O) groups is 2. The van der Waals surface area contributed by atoms with Crippen LogP contribution in [0, 0.1) is 0 Å². The van der Waals surface area contributed by atoms with Crippen LogP contribution >= 0.6 is 12.6 Å². The molecule has 32 heavy (non-hydrogen) atoms. The summed E-state index contributed by atoms with van der Waals surface area (Å²) in [4.78, 5) is 30.5. The van der Waals surface area contributed by atoms with Crippen molar-refractivity contribution in [1.29, 1.82) is 0 Å². The van der Waals surface area contributed by atoms with Gasteiger partial charge in [-0.05, 0) is 55.0 Å². The van der Waals surface area contributed by atoms with E-state index >= 15 is 0 Å². The maximum Gasteiger partial charge on any atom is 0.416 e. The number of hydrogen-bond donors (Lipinski definition) is 1. The molecule has 0 saturated carbocycles. The summed E-state index contributed by atoms with van der Waals surface area (Å²) >= 11 is 4.32. The Hall–Kier alpha value is -3.26. The fourth-order valence-corrected chi connectivity index (χ4v) is 4.13. The second-order valence-electron chi connectivity index (χ2n) is 7.32. The third-order valence-electron chi connectivity index (χ3n) is 5.35. The van der Waals surface area contributed by atoms with E-state index in [1.807, 2.05) is 0 Å². The van der Waals surface area contributed by atoms with Gasteiger partial charge in [0.2, 0.25) is 11.8 Å². The van der Waals surface area contributed by atoms with Crippen molar-refractivity contribution >= 4 is 41.5 Å². The van der Waals surface area contributed by atoms with E-state index < -0.39 is 29.5 Å². The molecule has 3 aromatic rings. The van der Waals surface area contributed by atoms with Crippen LogP contribution in [0.25, 0.3) is 0 Å². The fraction of sp³-hybridized carbons (Fsp3) is 0.167. The van der Waals surface area contributed by atoms with Crippen LogP contribution in [-0.2, 0) is 15.8 Å². The molecule has 0 bridgehead atoms. The number of likely N-dealkylation sites (N-methyl/N-ethyl adjacent to an activating group) is 1. The van der Waals surface area contributed by atoms with Crippen molar-refractivity contribution in [3.05, 3.63) is 83.9 Å². The standard InChI is InChI=1S/C24H19F3N2O2S/c1-2-28-19-12-11-16(24(25,26)27)14-20(19)29(17-8-4-3-5-9-17)23(31)21(22(28)30)15-7-6-10-18(32)13-15/h3-14,21,32H,2H2,1H3. The number of para-hydroxylation sites is 1. The molecule has 0 radical (unpaired) electrons. The molecule has 1 unspecified atom stereocenters. The maximum atomic E-state index is 13.8. The predicted molar refractivity (Wildman–Crippen MR) is 119 cm³/mol. The van der Waals surface area contributed by atoms with Gasteiger partial charge in [-0.2, -0.15) is 13.2 Å². The number of thiol groups is 1. The van der Waals surface area contributed by atoms with E-state index in [0.29, 0.717) is 16.1 Å². The summed E-state index contributed by atoms with van der Waals surface area (Å²) in [6, 6.07) is 18.1. The summed E-state index contributed by atoms with van der Waals surface area (Å²) in [6.07, 6.45) is -4.60. The van der Waals surface area contributed by atoms with Crippen molar-refractivity contribution in [3.63, 3.8) is 0 Å². The molecule has 0 spiro atoms. The minimum atomic E-state index is -4.60. The van der Waals surface area contributed by atoms with Crippen molar-refractivity contribution < 1.29 is 22.8 Å². The van der Waals surface area contributed by atoms with Gasteiger partial charge in [-0.15, -0.1) is 12.6 Å². The number of benzene rings is 3. The molecule has 0 aromatic heterocycles. The number of hydrogen-bond acceptors (Lipinski definition) is 3. The van der Waals surface area contributed by atoms with Crippen LogP contribution in [0.5, 0.6) is 0 Å². The molecule has 1 heterocycles. The molecule has 2 amide bonds. The smallest absolute Gasteiger partial charge is 0.310 e. The molecule has 3 aromatic carbocycles. The SMILES string of the molecule is CCN1C(=O)C(c2cccc(S)c2)C(=O)N(c2ccccc2)c2cc(C(F)(F)F)ccc21. The molecular weight excluding hydrogens is 437 g/mol. The zero-order chi connectivity index (χ0) is 23.0. The number of halogens is 3. The van der Waals surface area contributed by atoms with Gasteiger partial charge in [0.1, 0.15) is 5.92 Å². The Bertz CT molecular complexity index is 1180. The van der Waals surface area contributed by atoms with Gasteiger partial charge in [0.05, 0.1) is 16.9 Å². The molecule has 1 aliphatic rings. The first-order chi connectivity index (χ1) is 15.2. The first kappa shape index (κ1) is 22.0. The lowest BCUT2D eigenvalue weighted by atomic mass is 9.96. The lowest BCUT2D eigenvalue weighted by molar-refractivity contribution is -0.137. The number of alkyl halides is 3. The van der Waals surface area contributed by atoms with Gasteiger partial charge in [0, 0.05) is 17.1 Å². The molecule has 0 aliphatic carbocycles. The van der Waals surface area contributed by atoms with Crippen LogP contribution in [0.2, 0.25) is 0 Å². The summed E-state index contributed by atoms with van der Waals surface area (Å²) < 4.78 is 40.6. The lowest BCUT2D eigenvalue weighted by Gasteiger charge is -2.26. The van der Waals surface area contributed by atoms with Crippen LogP contribution in [-0.4, -0.2) is 18.4 Å². The van der Waals surface area contributed by atoms with Crippen LogP contribution in [0.1, 0.15) is 24.0 Å². The van der Waals surface area contributed by atoms with E-state index in [4.69, 9.17) is 0 Å². The van der Waals surface area contributed by atoms with Gasteiger partial charge in [0.15, 0.2) is 0 Å². The first-order valence-electron chi connectivity index (χ1n) is 9.93. The number of anilines is 3. The molecule has 0 fully saturated rings. The van der Waals surface area contributed by atoms with Gasteiger partial charge >= 0.3 is 6.18 Å². The highest BCUT2D eigenvalue weighted by molar-refractivity contribution is 7.80. The average Bonchev–Trinajstić information content (AvgIpc) is 2.84. The number of rotatable bonds is 3. The normalized spacial score (nSPS) is 16.7. The fourth-order valence-electron chi connectivity index (χ4n) is 3.89. The van der Waals surface area contributed by atoms with Gasteiger partial charge in [-0.25, -0.2) is 0 Å². The highest BCUT2D eigenvalue weighted by Crippen LogP contribution is 2.44. The van der Waals surface area contributed by atoms with E-state index in [1.54, 1.807) is 61.5 Å². The maximum absolute atomic E-state index is 13.8. The van der Waals surface area contributed by atoms with Gasteiger partial charge in [-0.1, -0.05) is 30.3 Å². The highest BCUT2D eigenvalue weighted by Gasteiger charge is 2.42. The molecule has 0 N–H and O–H groups in total. The topological polar surface area (TPSA) is 40.6 Å². The third kappa shape index (κ3) is 3.86. The first-order valence-corrected chi connectivity index (χ1v) is 10.4. The van der Waals surface area contributed by atoms with Gasteiger partial charge in [0.25, 0.3) is 0 Å². The van der Waals surface area contributed by atoms with E-state index in [2.05, 4.69) is 12.6 Å². The van der Waals surface area contributed by atoms with Crippen LogP contribution < -0.4 is 9.80 Å². The Labute approximate surface area is 188 Å². The highest BCUT2D eigenvalue weighted by atomic mass is 32.1. The third-order valence-corrected chi connectivity index (χ3v) is 5.63. The summed E-state index contributed by atoms with van der Waals surface area (Å²) in [6.45, 7) is 1.90. The molecule has 0 saturated heterocycles. The van der Waals surface area contributed by atoms with Crippen molar-refractivity contribution in [2.75, 3.05) is 16.3 Å². The van der Waals surface area contributed by atoms with Crippen LogP contribution in [0.3, 0.4) is 0 Å². The zero-order valence-electron chi connectivity index (χ0n) is 17.0. The Kier molecular flexibility index (Phi) is 5.73. The Morgan fingerprint density at radius 3 is 2.22 bits per heavy atom. The Morgan fingerprint density at radius 1 is 0.875 bits per heavy atom. The Balaban J connectivity index is 2.00. The Morgan fingerprint density at radius 2 is 1.59 bits per heavy atom. The second kappa shape index (κ2) is 8.35. The van der Waals surface area contributed by atoms with Crippen molar-refractivity contribution in [1.82, 2.24) is 0 Å². The number of nitrogens with zero attached hydrogens (tertiary/aromatic N) is 2. The van der Waals surface area contributed by atoms with Crippen molar-refractivity contribution in [3.8, 4) is 0 Å². The van der Waals surface area contributed by atoms with Gasteiger partial charge in [-0.3, -0.25) is 14.5 Å². The van der Waals surface area contributed by atoms with Crippen LogP contribution in [0.15, 0.2) is 77.7 Å². The van der Waals surface area contributed by atoms with E-state index in [0.717, 1.165) is 12.1 Å². The minimum absolute atomic E-state index is 0.00996. The average molecular weight is 456 g/mol. The van der Waals surface area contributed by atoms with Crippen molar-refractivity contribution in [2.24, 2.45) is 0 Å². The number of fused-ring (bicyclic) bond motifs is 1. The summed E-state index contributed by atoms with van der Waals surface area (Å²) in [7, 11) is 0. The van der Waals surface area contributed by atoms with E-state index in [9.17, 15) is 22.8 Å². The molecule has 1 atom stereocenters. The van der Waals surface area contributed by atoms with Crippen molar-refractivity contribution in [2.45, 2.75) is 23.9 Å². The molecule has 8 heteroatoms. The molecule has 4 rings (SSSR count). The zero-order valence-corrected chi connectivity index (χ0v) is 17.9. The summed E-state index contributed by atoms with van der Waals surface area (Å²) in [5.41, 5.74) is 0.152. The van der Waals surface area contributed by atoms with E-state index in [-0.39, 0.29) is 17.9 Å². The quantitative estimate of drug-likeness (QED) is 0.399. The largest absolute Gasteiger partial charge is 0.416 e. The molecule has 1 aliphatic heterocycles. The predicted octanol–water partition coefficient (Wildman–Crippen LogP) is 5.81. The molecule has 4 nitrogen and oxygen atoms in total. The number of carbonyl (C=O) groups excluding carboxylic acids is 2. The van der Waals surface area contributed by atoms with Crippen LogP contribution in [0.4, 0.5) is 30.2 Å². The minimum Gasteiger partial charge on any atom is -0.310 e. The summed E-state index contributed by atoms with van der Waals surface area (Å²) in [5.74, 6) is -2.36.